The molecule has 4 aromatic carbocycles. The van der Waals surface area contributed by atoms with Gasteiger partial charge in [0.2, 0.25) is 0 Å². The van der Waals surface area contributed by atoms with Crippen LogP contribution in [0.15, 0.2) is 84.9 Å². The molecule has 8 nitrogen and oxygen atoms in total. The summed E-state index contributed by atoms with van der Waals surface area (Å²) in [6.07, 6.45) is 0. The number of nitrogens with two attached hydrogens (primary N) is 1. The number of hydrazine groups is 2. The van der Waals surface area contributed by atoms with Gasteiger partial charge in [0.05, 0.1) is 25.8 Å². The van der Waals surface area contributed by atoms with Gasteiger partial charge < -0.3 is 5.73 Å². The van der Waals surface area contributed by atoms with Crippen LogP contribution in [0, 0.1) is 0 Å². The number of nitrogens with zero attached hydrogens (tertiary/aromatic N) is 1. The first-order valence-electron chi connectivity index (χ1n) is 11.9. The predicted molar refractivity (Wildman–Crippen MR) is 178 cm³/mol. The van der Waals surface area contributed by atoms with E-state index in [9.17, 15) is 9.59 Å². The minimum Gasteiger partial charge on any atom is -0.397 e. The van der Waals surface area contributed by atoms with Gasteiger partial charge in [0.1, 0.15) is 5.69 Å². The zero-order valence-electron chi connectivity index (χ0n) is 21.3. The number of nitrogen functional groups attached to an aromatic ring is 1. The standard InChI is InChI=1S/C28H20Cl4N6O2S2/c29-19-13-23(33)21(31)11-17(19)18-12-22(32)24(14-20(18)30)38(36-27(41)34-25(39)15-7-3-1-4-8-15)37-28(42)35-26(40)16-9-5-2-6-10-16/h1-14H,33H2,(H2,34,36,39,41)(H2,35,37,40,42). The summed E-state index contributed by atoms with van der Waals surface area (Å²) in [5.41, 5.74) is 13.7. The summed E-state index contributed by atoms with van der Waals surface area (Å²) >= 11 is 36.7. The van der Waals surface area contributed by atoms with E-state index in [2.05, 4.69) is 21.5 Å². The molecule has 2 amide bonds. The molecule has 0 heterocycles. The molecule has 0 aliphatic heterocycles. The van der Waals surface area contributed by atoms with Crippen molar-refractivity contribution in [2.24, 2.45) is 0 Å². The van der Waals surface area contributed by atoms with E-state index in [1.54, 1.807) is 72.8 Å². The van der Waals surface area contributed by atoms with E-state index in [0.717, 1.165) is 0 Å². The molecule has 0 saturated carbocycles. The van der Waals surface area contributed by atoms with Crippen molar-refractivity contribution in [1.29, 1.82) is 0 Å². The highest BCUT2D eigenvalue weighted by Crippen LogP contribution is 2.41. The van der Waals surface area contributed by atoms with Gasteiger partial charge in [0.25, 0.3) is 11.8 Å². The number of rotatable bonds is 6. The van der Waals surface area contributed by atoms with Gasteiger partial charge in [-0.15, -0.1) is 0 Å². The van der Waals surface area contributed by atoms with Crippen molar-refractivity contribution >= 4 is 104 Å². The van der Waals surface area contributed by atoms with Crippen molar-refractivity contribution in [2.45, 2.75) is 0 Å². The van der Waals surface area contributed by atoms with Crippen molar-refractivity contribution in [3.8, 4) is 11.1 Å². The molecular weight excluding hydrogens is 658 g/mol. The lowest BCUT2D eigenvalue weighted by Crippen LogP contribution is -2.59. The molecule has 0 spiro atoms. The summed E-state index contributed by atoms with van der Waals surface area (Å²) in [6, 6.07) is 23.1. The van der Waals surface area contributed by atoms with Crippen LogP contribution in [0.3, 0.4) is 0 Å². The molecule has 0 aliphatic carbocycles. The second-order valence-electron chi connectivity index (χ2n) is 8.49. The fourth-order valence-corrected chi connectivity index (χ4v) is 4.93. The Morgan fingerprint density at radius 3 is 1.52 bits per heavy atom. The molecule has 14 heteroatoms. The molecule has 0 atom stereocenters. The first-order chi connectivity index (χ1) is 20.0. The summed E-state index contributed by atoms with van der Waals surface area (Å²) in [5.74, 6) is -0.912. The van der Waals surface area contributed by atoms with E-state index in [4.69, 9.17) is 76.6 Å². The van der Waals surface area contributed by atoms with Crippen LogP contribution < -0.4 is 32.3 Å². The Morgan fingerprint density at radius 1 is 0.619 bits per heavy atom. The third-order valence-electron chi connectivity index (χ3n) is 5.61. The number of carbonyl (C=O) groups is 2. The molecule has 0 aromatic heterocycles. The van der Waals surface area contributed by atoms with Crippen molar-refractivity contribution < 1.29 is 9.59 Å². The summed E-state index contributed by atoms with van der Waals surface area (Å²) in [4.78, 5) is 25.3. The number of thiocarbonyl (C=S) groups is 2. The zero-order chi connectivity index (χ0) is 30.4. The smallest absolute Gasteiger partial charge is 0.257 e. The summed E-state index contributed by atoms with van der Waals surface area (Å²) in [5, 5.41) is 7.11. The summed E-state index contributed by atoms with van der Waals surface area (Å²) < 4.78 is 0. The third-order valence-corrected chi connectivity index (χ3v) is 7.25. The summed E-state index contributed by atoms with van der Waals surface area (Å²) in [7, 11) is 0. The Morgan fingerprint density at radius 2 is 1.05 bits per heavy atom. The van der Waals surface area contributed by atoms with Crippen LogP contribution >= 0.6 is 70.8 Å². The first-order valence-corrected chi connectivity index (χ1v) is 14.2. The fourth-order valence-electron chi connectivity index (χ4n) is 3.62. The Balaban J connectivity index is 1.63. The normalized spacial score (nSPS) is 10.4. The molecule has 42 heavy (non-hydrogen) atoms. The SMILES string of the molecule is Nc1cc(Cl)c(-c2cc(Cl)c(N(NC(=S)NC(=O)c3ccccc3)NC(=S)NC(=O)c3ccccc3)cc2Cl)cc1Cl. The molecule has 0 aliphatic rings. The van der Waals surface area contributed by atoms with Crippen LogP contribution in [-0.4, -0.2) is 22.0 Å². The largest absolute Gasteiger partial charge is 0.397 e. The Labute approximate surface area is 272 Å². The number of benzene rings is 4. The van der Waals surface area contributed by atoms with Gasteiger partial charge in [-0.2, -0.15) is 5.12 Å². The maximum Gasteiger partial charge on any atom is 0.257 e. The maximum absolute atomic E-state index is 12.7. The monoisotopic (exact) mass is 676 g/mol. The number of carbonyl (C=O) groups excluding carboxylic acids is 2. The van der Waals surface area contributed by atoms with Gasteiger partial charge in [-0.1, -0.05) is 82.8 Å². The van der Waals surface area contributed by atoms with E-state index < -0.39 is 11.8 Å². The average Bonchev–Trinajstić information content (AvgIpc) is 2.96. The lowest BCUT2D eigenvalue weighted by molar-refractivity contribution is 0.0969. The molecule has 0 saturated heterocycles. The highest BCUT2D eigenvalue weighted by Gasteiger charge is 2.20. The third kappa shape index (κ3) is 7.80. The number of hydrogen-bond donors (Lipinski definition) is 5. The Bertz CT molecular complexity index is 1610. The van der Waals surface area contributed by atoms with Crippen LogP contribution in [0.1, 0.15) is 20.7 Å². The number of nitrogens with one attached hydrogen (secondary N) is 4. The second-order valence-corrected chi connectivity index (χ2v) is 10.9. The minimum absolute atomic E-state index is 0.113. The second kappa shape index (κ2) is 14.0. The van der Waals surface area contributed by atoms with Crippen LogP contribution in [-0.2, 0) is 0 Å². The van der Waals surface area contributed by atoms with E-state index >= 15 is 0 Å². The van der Waals surface area contributed by atoms with Crippen LogP contribution in [0.25, 0.3) is 11.1 Å². The highest BCUT2D eigenvalue weighted by atomic mass is 35.5. The molecule has 6 N–H and O–H groups in total. The number of anilines is 2. The number of amides is 2. The highest BCUT2D eigenvalue weighted by molar-refractivity contribution is 7.80. The average molecular weight is 678 g/mol. The van der Waals surface area contributed by atoms with Crippen LogP contribution in [0.2, 0.25) is 20.1 Å². The van der Waals surface area contributed by atoms with E-state index in [1.807, 2.05) is 0 Å². The Hall–Kier alpha value is -3.64. The Kier molecular flexibility index (Phi) is 10.4. The van der Waals surface area contributed by atoms with E-state index in [-0.39, 0.29) is 31.0 Å². The quantitative estimate of drug-likeness (QED) is 0.0862. The fraction of sp³-hybridized carbons (Fsp3) is 0. The number of halogens is 4. The van der Waals surface area contributed by atoms with E-state index in [1.165, 1.54) is 17.3 Å². The van der Waals surface area contributed by atoms with Gasteiger partial charge in [0.15, 0.2) is 10.2 Å². The maximum atomic E-state index is 12.7. The van der Waals surface area contributed by atoms with Gasteiger partial charge in [-0.3, -0.25) is 31.1 Å². The topological polar surface area (TPSA) is 112 Å². The molecule has 4 aromatic rings. The number of hydrogen-bond acceptors (Lipinski definition) is 6. The zero-order valence-corrected chi connectivity index (χ0v) is 25.9. The molecule has 4 rings (SSSR count). The molecule has 0 radical (unpaired) electrons. The first kappa shape index (κ1) is 31.3. The molecule has 0 unspecified atom stereocenters. The van der Waals surface area contributed by atoms with Crippen molar-refractivity contribution in [3.05, 3.63) is 116 Å². The van der Waals surface area contributed by atoms with Crippen molar-refractivity contribution in [3.63, 3.8) is 0 Å². The molecule has 214 valence electrons. The lowest BCUT2D eigenvalue weighted by atomic mass is 10.0. The molecular formula is C28H20Cl4N6O2S2. The molecule has 0 bridgehead atoms. The van der Waals surface area contributed by atoms with Gasteiger partial charge >= 0.3 is 0 Å². The molecule has 0 fully saturated rings. The van der Waals surface area contributed by atoms with Gasteiger partial charge in [-0.05, 0) is 73.0 Å². The van der Waals surface area contributed by atoms with Crippen LogP contribution in [0.5, 0.6) is 0 Å². The van der Waals surface area contributed by atoms with Crippen molar-refractivity contribution in [1.82, 2.24) is 21.5 Å². The van der Waals surface area contributed by atoms with Gasteiger partial charge in [0, 0.05) is 22.3 Å². The van der Waals surface area contributed by atoms with Gasteiger partial charge in [-0.25, -0.2) is 0 Å². The van der Waals surface area contributed by atoms with E-state index in [0.29, 0.717) is 33.0 Å². The van der Waals surface area contributed by atoms with Crippen LogP contribution in [0.4, 0.5) is 11.4 Å². The van der Waals surface area contributed by atoms with Crippen molar-refractivity contribution in [2.75, 3.05) is 10.9 Å². The lowest BCUT2D eigenvalue weighted by Gasteiger charge is -2.29. The summed E-state index contributed by atoms with van der Waals surface area (Å²) in [6.45, 7) is 0. The predicted octanol–water partition coefficient (Wildman–Crippen LogP) is 6.79. The minimum atomic E-state index is -0.456.